The summed E-state index contributed by atoms with van der Waals surface area (Å²) < 4.78 is 4.88. The van der Waals surface area contributed by atoms with Crippen molar-refractivity contribution in [2.45, 2.75) is 6.54 Å². The summed E-state index contributed by atoms with van der Waals surface area (Å²) in [7, 11) is 0. The van der Waals surface area contributed by atoms with Crippen LogP contribution in [0.3, 0.4) is 0 Å². The van der Waals surface area contributed by atoms with Crippen molar-refractivity contribution in [2.75, 3.05) is 5.32 Å². The Hall–Kier alpha value is -1.89. The highest BCUT2D eigenvalue weighted by Gasteiger charge is 2.10. The van der Waals surface area contributed by atoms with E-state index in [0.717, 1.165) is 16.9 Å². The lowest BCUT2D eigenvalue weighted by atomic mass is 10.3. The molecule has 0 saturated carbocycles. The summed E-state index contributed by atoms with van der Waals surface area (Å²) in [6.07, 6.45) is 4.42. The van der Waals surface area contributed by atoms with E-state index < -0.39 is 4.92 Å². The number of nitro groups is 1. The maximum absolute atomic E-state index is 10.4. The highest BCUT2D eigenvalue weighted by atomic mass is 32.1. The summed E-state index contributed by atoms with van der Waals surface area (Å²) in [6, 6.07) is 1.81. The normalized spacial score (nSPS) is 10.1. The number of aromatic nitrogens is 1. The molecule has 0 unspecified atom stereocenters. The molecule has 2 aromatic rings. The molecule has 2 aromatic heterocycles. The molecular weight excluding hydrogens is 218 g/mol. The number of hydrogen-bond acceptors (Lipinski definition) is 6. The summed E-state index contributed by atoms with van der Waals surface area (Å²) in [5, 5.41) is 13.9. The second-order valence-corrected chi connectivity index (χ2v) is 3.76. The molecule has 0 aromatic carbocycles. The van der Waals surface area contributed by atoms with Crippen molar-refractivity contribution in [3.63, 3.8) is 0 Å². The van der Waals surface area contributed by atoms with Gasteiger partial charge in [-0.3, -0.25) is 10.1 Å². The highest BCUT2D eigenvalue weighted by Crippen LogP contribution is 2.25. The Balaban J connectivity index is 1.96. The first-order valence-corrected chi connectivity index (χ1v) is 4.92. The van der Waals surface area contributed by atoms with E-state index in [0.29, 0.717) is 11.7 Å². The summed E-state index contributed by atoms with van der Waals surface area (Å²) in [4.78, 5) is 13.8. The van der Waals surface area contributed by atoms with Crippen LogP contribution in [0.25, 0.3) is 0 Å². The molecule has 0 aliphatic heterocycles. The largest absolute Gasteiger partial charge is 0.472 e. The molecule has 0 saturated heterocycles. The molecule has 2 heterocycles. The van der Waals surface area contributed by atoms with E-state index in [-0.39, 0.29) is 5.00 Å². The van der Waals surface area contributed by atoms with Crippen LogP contribution < -0.4 is 5.32 Å². The maximum Gasteiger partial charge on any atom is 0.345 e. The molecule has 0 spiro atoms. The number of nitrogens with zero attached hydrogens (tertiary/aromatic N) is 2. The van der Waals surface area contributed by atoms with Crippen LogP contribution in [-0.2, 0) is 6.54 Å². The molecule has 0 aliphatic rings. The monoisotopic (exact) mass is 225 g/mol. The summed E-state index contributed by atoms with van der Waals surface area (Å²) in [6.45, 7) is 0.543. The summed E-state index contributed by atoms with van der Waals surface area (Å²) in [5.41, 5.74) is 0.966. The van der Waals surface area contributed by atoms with Crippen molar-refractivity contribution < 1.29 is 9.34 Å². The van der Waals surface area contributed by atoms with Gasteiger partial charge in [0.05, 0.1) is 17.4 Å². The standard InChI is InChI=1S/C8H7N3O3S/c12-11(13)7-4-10-8(15-7)9-3-6-1-2-14-5-6/h1-2,4-5H,3H2,(H,9,10). The molecule has 15 heavy (non-hydrogen) atoms. The average Bonchev–Trinajstić information content (AvgIpc) is 2.86. The predicted molar refractivity (Wildman–Crippen MR) is 54.8 cm³/mol. The molecular formula is C8H7N3O3S. The third-order valence-electron chi connectivity index (χ3n) is 1.70. The van der Waals surface area contributed by atoms with Crippen LogP contribution in [0.1, 0.15) is 5.56 Å². The van der Waals surface area contributed by atoms with Crippen LogP contribution in [0, 0.1) is 10.1 Å². The van der Waals surface area contributed by atoms with Gasteiger partial charge in [0.2, 0.25) is 0 Å². The number of anilines is 1. The lowest BCUT2D eigenvalue weighted by Gasteiger charge is -1.97. The summed E-state index contributed by atoms with van der Waals surface area (Å²) in [5.74, 6) is 0. The van der Waals surface area contributed by atoms with E-state index >= 15 is 0 Å². The second kappa shape index (κ2) is 4.09. The number of furan rings is 1. The molecule has 78 valence electrons. The lowest BCUT2D eigenvalue weighted by molar-refractivity contribution is -0.380. The van der Waals surface area contributed by atoms with Crippen LogP contribution in [0.5, 0.6) is 0 Å². The Bertz CT molecular complexity index is 451. The van der Waals surface area contributed by atoms with Gasteiger partial charge in [-0.1, -0.05) is 0 Å². The zero-order chi connectivity index (χ0) is 10.7. The van der Waals surface area contributed by atoms with E-state index in [4.69, 9.17) is 4.42 Å². The topological polar surface area (TPSA) is 81.2 Å². The molecule has 0 amide bonds. The molecule has 0 bridgehead atoms. The number of nitrogens with one attached hydrogen (secondary N) is 1. The van der Waals surface area contributed by atoms with Gasteiger partial charge in [0, 0.05) is 12.1 Å². The van der Waals surface area contributed by atoms with Crippen LogP contribution in [0.2, 0.25) is 0 Å². The minimum absolute atomic E-state index is 0.0321. The first-order valence-electron chi connectivity index (χ1n) is 4.11. The third-order valence-corrected chi connectivity index (χ3v) is 2.60. The quantitative estimate of drug-likeness (QED) is 0.637. The molecule has 2 rings (SSSR count). The van der Waals surface area contributed by atoms with E-state index in [1.165, 1.54) is 6.20 Å². The van der Waals surface area contributed by atoms with Crippen molar-refractivity contribution in [2.24, 2.45) is 0 Å². The van der Waals surface area contributed by atoms with Gasteiger partial charge >= 0.3 is 5.00 Å². The van der Waals surface area contributed by atoms with Gasteiger partial charge in [-0.25, -0.2) is 4.98 Å². The fourth-order valence-corrected chi connectivity index (χ4v) is 1.63. The van der Waals surface area contributed by atoms with Crippen molar-refractivity contribution in [3.05, 3.63) is 40.5 Å². The minimum atomic E-state index is -0.458. The number of hydrogen-bond donors (Lipinski definition) is 1. The van der Waals surface area contributed by atoms with E-state index in [9.17, 15) is 10.1 Å². The van der Waals surface area contributed by atoms with Crippen molar-refractivity contribution >= 4 is 21.5 Å². The fraction of sp³-hybridized carbons (Fsp3) is 0.125. The molecule has 0 atom stereocenters. The average molecular weight is 225 g/mol. The number of thiazole rings is 1. The first-order chi connectivity index (χ1) is 7.25. The molecule has 0 radical (unpaired) electrons. The molecule has 7 heteroatoms. The van der Waals surface area contributed by atoms with Gasteiger partial charge in [-0.05, 0) is 17.4 Å². The van der Waals surface area contributed by atoms with Gasteiger partial charge in [0.15, 0.2) is 5.13 Å². The molecule has 1 N–H and O–H groups in total. The van der Waals surface area contributed by atoms with Crippen LogP contribution in [0.4, 0.5) is 10.1 Å². The Morgan fingerprint density at radius 2 is 2.53 bits per heavy atom. The van der Waals surface area contributed by atoms with Gasteiger partial charge in [-0.2, -0.15) is 0 Å². The maximum atomic E-state index is 10.4. The fourth-order valence-electron chi connectivity index (χ4n) is 1.00. The van der Waals surface area contributed by atoms with Crippen LogP contribution >= 0.6 is 11.3 Å². The van der Waals surface area contributed by atoms with Crippen LogP contribution in [-0.4, -0.2) is 9.91 Å². The van der Waals surface area contributed by atoms with Crippen molar-refractivity contribution in [1.29, 1.82) is 0 Å². The summed E-state index contributed by atoms with van der Waals surface area (Å²) >= 11 is 1.01. The smallest absolute Gasteiger partial charge is 0.345 e. The van der Waals surface area contributed by atoms with E-state index in [1.54, 1.807) is 12.5 Å². The lowest BCUT2D eigenvalue weighted by Crippen LogP contribution is -1.96. The number of rotatable bonds is 4. The third kappa shape index (κ3) is 2.32. The highest BCUT2D eigenvalue weighted by molar-refractivity contribution is 7.18. The van der Waals surface area contributed by atoms with Gasteiger partial charge in [-0.15, -0.1) is 0 Å². The molecule has 0 aliphatic carbocycles. The molecule has 6 nitrogen and oxygen atoms in total. The van der Waals surface area contributed by atoms with E-state index in [1.807, 2.05) is 6.07 Å². The van der Waals surface area contributed by atoms with E-state index in [2.05, 4.69) is 10.3 Å². The Labute approximate surface area is 88.7 Å². The Morgan fingerprint density at radius 3 is 3.13 bits per heavy atom. The van der Waals surface area contributed by atoms with Gasteiger partial charge in [0.1, 0.15) is 6.20 Å². The van der Waals surface area contributed by atoms with Gasteiger partial charge in [0.25, 0.3) is 0 Å². The zero-order valence-electron chi connectivity index (χ0n) is 7.54. The Morgan fingerprint density at radius 1 is 1.67 bits per heavy atom. The zero-order valence-corrected chi connectivity index (χ0v) is 8.36. The SMILES string of the molecule is O=[N+]([O-])c1cnc(NCc2ccoc2)s1. The van der Waals surface area contributed by atoms with Gasteiger partial charge < -0.3 is 9.73 Å². The van der Waals surface area contributed by atoms with Crippen molar-refractivity contribution in [1.82, 2.24) is 4.98 Å². The first kappa shape index (κ1) is 9.66. The van der Waals surface area contributed by atoms with Crippen molar-refractivity contribution in [3.8, 4) is 0 Å². The second-order valence-electron chi connectivity index (χ2n) is 2.75. The van der Waals surface area contributed by atoms with Crippen LogP contribution in [0.15, 0.2) is 29.2 Å². The Kier molecular flexibility index (Phi) is 2.64. The predicted octanol–water partition coefficient (Wildman–Crippen LogP) is 2.26. The molecule has 0 fully saturated rings. The minimum Gasteiger partial charge on any atom is -0.472 e.